The average molecular weight is 172 g/mol. The number of carboxylic acids is 1. The monoisotopic (exact) mass is 172 g/mol. The predicted octanol–water partition coefficient (Wildman–Crippen LogP) is 0.274. The molecule has 0 aliphatic carbocycles. The van der Waals surface area contributed by atoms with E-state index in [0.717, 1.165) is 0 Å². The fourth-order valence-corrected chi connectivity index (χ4v) is 0.636. The third-order valence-corrected chi connectivity index (χ3v) is 1.17. The Kier molecular flexibility index (Phi) is 4.99. The highest BCUT2D eigenvalue weighted by molar-refractivity contribution is 5.86. The van der Waals surface area contributed by atoms with Gasteiger partial charge in [0.1, 0.15) is 0 Å². The van der Waals surface area contributed by atoms with E-state index in [9.17, 15) is 4.79 Å². The Morgan fingerprint density at radius 2 is 2.08 bits per heavy atom. The first kappa shape index (κ1) is 10.9. The summed E-state index contributed by atoms with van der Waals surface area (Å²) in [6.45, 7) is 1.74. The lowest BCUT2D eigenvalue weighted by molar-refractivity contribution is -0.134. The van der Waals surface area contributed by atoms with Gasteiger partial charge in [-0.15, -0.1) is 0 Å². The lowest BCUT2D eigenvalue weighted by Gasteiger charge is -2.02. The highest BCUT2D eigenvalue weighted by Crippen LogP contribution is 2.04. The molecule has 0 spiro atoms. The minimum atomic E-state index is -1.61. The molecule has 0 aromatic heterocycles. The molecule has 0 amide bonds. The Balaban J connectivity index is 4.33. The molecular weight excluding hydrogens is 160 g/mol. The molecule has 3 N–H and O–H groups in total. The van der Waals surface area contributed by atoms with Crippen molar-refractivity contribution < 1.29 is 20.1 Å². The molecule has 0 aromatic rings. The van der Waals surface area contributed by atoms with Crippen LogP contribution in [-0.2, 0) is 4.79 Å². The molecule has 0 saturated carbocycles. The molecule has 0 aliphatic rings. The summed E-state index contributed by atoms with van der Waals surface area (Å²) < 4.78 is 0. The smallest absolute Gasteiger partial charge is 0.331 e. The number of hydrogen-bond donors (Lipinski definition) is 3. The van der Waals surface area contributed by atoms with Crippen LogP contribution in [0.15, 0.2) is 23.8 Å². The normalized spacial score (nSPS) is 12.8. The fraction of sp³-hybridized carbons (Fsp3) is 0.375. The van der Waals surface area contributed by atoms with Gasteiger partial charge in [-0.25, -0.2) is 4.79 Å². The van der Waals surface area contributed by atoms with Gasteiger partial charge in [0.2, 0.25) is 0 Å². The zero-order valence-electron chi connectivity index (χ0n) is 6.77. The molecule has 0 unspecified atom stereocenters. The van der Waals surface area contributed by atoms with Crippen molar-refractivity contribution in [2.45, 2.75) is 19.6 Å². The lowest BCUT2D eigenvalue weighted by Crippen LogP contribution is -2.11. The van der Waals surface area contributed by atoms with Gasteiger partial charge >= 0.3 is 5.97 Å². The van der Waals surface area contributed by atoms with E-state index in [1.807, 2.05) is 0 Å². The van der Waals surface area contributed by atoms with E-state index in [-0.39, 0.29) is 12.0 Å². The first-order chi connectivity index (χ1) is 5.57. The van der Waals surface area contributed by atoms with Crippen molar-refractivity contribution in [1.29, 1.82) is 0 Å². The van der Waals surface area contributed by atoms with Crippen molar-refractivity contribution in [3.8, 4) is 0 Å². The molecule has 68 valence electrons. The maximum atomic E-state index is 10.4. The molecule has 4 heteroatoms. The van der Waals surface area contributed by atoms with Crippen LogP contribution in [0.25, 0.3) is 0 Å². The second-order valence-electron chi connectivity index (χ2n) is 2.21. The van der Waals surface area contributed by atoms with Crippen LogP contribution < -0.4 is 0 Å². The summed E-state index contributed by atoms with van der Waals surface area (Å²) in [6, 6.07) is 0. The summed E-state index contributed by atoms with van der Waals surface area (Å²) in [5, 5.41) is 25.5. The second kappa shape index (κ2) is 5.51. The minimum absolute atomic E-state index is 0.0249. The molecule has 12 heavy (non-hydrogen) atoms. The highest BCUT2D eigenvalue weighted by atomic mass is 16.5. The van der Waals surface area contributed by atoms with Crippen molar-refractivity contribution in [3.05, 3.63) is 23.8 Å². The van der Waals surface area contributed by atoms with Gasteiger partial charge in [-0.2, -0.15) is 0 Å². The number of aliphatic hydroxyl groups is 2. The van der Waals surface area contributed by atoms with Gasteiger partial charge in [0.15, 0.2) is 6.29 Å². The summed E-state index contributed by atoms with van der Waals surface area (Å²) in [7, 11) is 0. The Labute approximate surface area is 70.5 Å². The van der Waals surface area contributed by atoms with Gasteiger partial charge < -0.3 is 15.3 Å². The van der Waals surface area contributed by atoms with Crippen LogP contribution in [-0.4, -0.2) is 27.6 Å². The molecule has 0 aromatic carbocycles. The van der Waals surface area contributed by atoms with E-state index in [1.54, 1.807) is 13.0 Å². The predicted molar refractivity (Wildman–Crippen MR) is 43.4 cm³/mol. The molecule has 4 nitrogen and oxygen atoms in total. The van der Waals surface area contributed by atoms with Crippen LogP contribution in [0, 0.1) is 0 Å². The van der Waals surface area contributed by atoms with Crippen LogP contribution in [0.3, 0.4) is 0 Å². The van der Waals surface area contributed by atoms with E-state index in [4.69, 9.17) is 15.3 Å². The summed E-state index contributed by atoms with van der Waals surface area (Å²) in [5.41, 5.74) is -0.0249. The molecule has 0 fully saturated rings. The zero-order valence-corrected chi connectivity index (χ0v) is 6.77. The maximum Gasteiger partial charge on any atom is 0.331 e. The van der Waals surface area contributed by atoms with E-state index < -0.39 is 12.3 Å². The third-order valence-electron chi connectivity index (χ3n) is 1.17. The van der Waals surface area contributed by atoms with Crippen LogP contribution >= 0.6 is 0 Å². The van der Waals surface area contributed by atoms with Crippen LogP contribution in [0.1, 0.15) is 13.3 Å². The minimum Gasteiger partial charge on any atom is -0.478 e. The Morgan fingerprint density at radius 1 is 1.50 bits per heavy atom. The van der Waals surface area contributed by atoms with Crippen molar-refractivity contribution in [1.82, 2.24) is 0 Å². The molecule has 0 bridgehead atoms. The molecule has 0 atom stereocenters. The van der Waals surface area contributed by atoms with Crippen LogP contribution in [0.2, 0.25) is 0 Å². The summed E-state index contributed by atoms with van der Waals surface area (Å²) in [5.74, 6) is -1.14. The number of allylic oxidation sites excluding steroid dienone is 3. The van der Waals surface area contributed by atoms with Gasteiger partial charge in [0.05, 0.1) is 0 Å². The molecule has 0 rings (SSSR count). The molecular formula is C8H12O4. The van der Waals surface area contributed by atoms with Crippen LogP contribution in [0.5, 0.6) is 0 Å². The second-order valence-corrected chi connectivity index (χ2v) is 2.21. The van der Waals surface area contributed by atoms with Crippen LogP contribution in [0.4, 0.5) is 0 Å². The lowest BCUT2D eigenvalue weighted by atomic mass is 10.1. The van der Waals surface area contributed by atoms with Crippen molar-refractivity contribution in [2.75, 3.05) is 0 Å². The molecule has 0 heterocycles. The quantitative estimate of drug-likeness (QED) is 0.323. The fourth-order valence-electron chi connectivity index (χ4n) is 0.636. The van der Waals surface area contributed by atoms with Gasteiger partial charge in [-0.05, 0) is 6.92 Å². The summed E-state index contributed by atoms with van der Waals surface area (Å²) in [4.78, 5) is 10.4. The molecule has 0 aliphatic heterocycles. The third kappa shape index (κ3) is 4.65. The van der Waals surface area contributed by atoms with Crippen molar-refractivity contribution in [2.24, 2.45) is 0 Å². The van der Waals surface area contributed by atoms with Crippen molar-refractivity contribution in [3.63, 3.8) is 0 Å². The highest BCUT2D eigenvalue weighted by Gasteiger charge is 2.09. The maximum absolute atomic E-state index is 10.4. The average Bonchev–Trinajstić information content (AvgIpc) is 1.96. The topological polar surface area (TPSA) is 77.8 Å². The van der Waals surface area contributed by atoms with Gasteiger partial charge in [0, 0.05) is 12.0 Å². The zero-order chi connectivity index (χ0) is 9.56. The van der Waals surface area contributed by atoms with E-state index >= 15 is 0 Å². The first-order valence-electron chi connectivity index (χ1n) is 3.49. The number of aliphatic carboxylic acids is 1. The Morgan fingerprint density at radius 3 is 2.42 bits per heavy atom. The number of hydrogen-bond acceptors (Lipinski definition) is 3. The summed E-state index contributed by atoms with van der Waals surface area (Å²) in [6.07, 6.45) is 2.65. The number of carboxylic acid groups (broad SMARTS) is 1. The van der Waals surface area contributed by atoms with Gasteiger partial charge in [-0.1, -0.05) is 18.2 Å². The SMILES string of the molecule is C/C=C/C=C(\CC(O)O)C(=O)O. The van der Waals surface area contributed by atoms with Gasteiger partial charge in [-0.3, -0.25) is 0 Å². The molecule has 0 radical (unpaired) electrons. The largest absolute Gasteiger partial charge is 0.478 e. The number of rotatable bonds is 4. The number of aliphatic hydroxyl groups excluding tert-OH is 1. The Hall–Kier alpha value is -1.13. The number of carbonyl (C=O) groups is 1. The molecule has 0 saturated heterocycles. The van der Waals surface area contributed by atoms with Crippen molar-refractivity contribution >= 4 is 5.97 Å². The standard InChI is InChI=1S/C8H12O4/c1-2-3-4-6(8(11)12)5-7(9)10/h2-4,7,9-10H,5H2,1H3,(H,11,12)/b3-2+,6-4+. The first-order valence-corrected chi connectivity index (χ1v) is 3.49. The van der Waals surface area contributed by atoms with E-state index in [0.29, 0.717) is 0 Å². The van der Waals surface area contributed by atoms with E-state index in [2.05, 4.69) is 0 Å². The van der Waals surface area contributed by atoms with E-state index in [1.165, 1.54) is 12.2 Å². The summed E-state index contributed by atoms with van der Waals surface area (Å²) >= 11 is 0. The Bertz CT molecular complexity index is 203. The van der Waals surface area contributed by atoms with Gasteiger partial charge in [0.25, 0.3) is 0 Å².